The summed E-state index contributed by atoms with van der Waals surface area (Å²) in [6.07, 6.45) is 13.1. The first-order chi connectivity index (χ1) is 10.7. The molecule has 2 aromatic rings. The number of aromatic nitrogens is 1. The number of pyridine rings is 1. The Morgan fingerprint density at radius 3 is 2.64 bits per heavy atom. The molecular formula is C21H23N. The van der Waals surface area contributed by atoms with Gasteiger partial charge in [0.2, 0.25) is 0 Å². The van der Waals surface area contributed by atoms with Crippen LogP contribution in [0.4, 0.5) is 0 Å². The minimum Gasteiger partial charge on any atom is -0.256 e. The van der Waals surface area contributed by atoms with Gasteiger partial charge in [0, 0.05) is 17.5 Å². The highest BCUT2D eigenvalue weighted by molar-refractivity contribution is 5.89. The molecule has 1 aromatic heterocycles. The van der Waals surface area contributed by atoms with Crippen LogP contribution in [0.25, 0.3) is 16.8 Å². The molecule has 112 valence electrons. The van der Waals surface area contributed by atoms with Crippen LogP contribution in [0.1, 0.15) is 26.5 Å². The Morgan fingerprint density at radius 1 is 1.09 bits per heavy atom. The van der Waals surface area contributed by atoms with Gasteiger partial charge in [0.1, 0.15) is 0 Å². The maximum Gasteiger partial charge on any atom is 0.0707 e. The van der Waals surface area contributed by atoms with Crippen molar-refractivity contribution in [3.8, 4) is 0 Å². The number of rotatable bonds is 3. The summed E-state index contributed by atoms with van der Waals surface area (Å²) in [7, 11) is 0. The van der Waals surface area contributed by atoms with Crippen LogP contribution in [0.2, 0.25) is 0 Å². The Morgan fingerprint density at radius 2 is 1.86 bits per heavy atom. The van der Waals surface area contributed by atoms with Gasteiger partial charge in [-0.1, -0.05) is 74.9 Å². The topological polar surface area (TPSA) is 12.9 Å². The number of fused-ring (bicyclic) bond motifs is 1. The van der Waals surface area contributed by atoms with Gasteiger partial charge in [-0.2, -0.15) is 0 Å². The lowest BCUT2D eigenvalue weighted by Crippen LogP contribution is -2.15. The van der Waals surface area contributed by atoms with Crippen LogP contribution in [-0.4, -0.2) is 4.98 Å². The highest BCUT2D eigenvalue weighted by Gasteiger charge is 2.21. The van der Waals surface area contributed by atoms with Crippen molar-refractivity contribution in [3.63, 3.8) is 0 Å². The second-order valence-corrected chi connectivity index (χ2v) is 6.37. The van der Waals surface area contributed by atoms with Gasteiger partial charge in [0.25, 0.3) is 0 Å². The average Bonchev–Trinajstić information content (AvgIpc) is 2.53. The van der Waals surface area contributed by atoms with Crippen molar-refractivity contribution in [1.29, 1.82) is 0 Å². The van der Waals surface area contributed by atoms with Crippen LogP contribution in [0, 0.1) is 17.8 Å². The van der Waals surface area contributed by atoms with Gasteiger partial charge in [0.05, 0.1) is 5.69 Å². The third kappa shape index (κ3) is 2.89. The number of hydrogen-bond donors (Lipinski definition) is 0. The molecule has 1 nitrogen and oxygen atoms in total. The summed E-state index contributed by atoms with van der Waals surface area (Å²) in [6.45, 7) is 6.84. The van der Waals surface area contributed by atoms with Crippen LogP contribution in [-0.2, 0) is 0 Å². The summed E-state index contributed by atoms with van der Waals surface area (Å²) >= 11 is 0. The Bertz CT molecular complexity index is 744. The molecule has 1 heteroatoms. The fourth-order valence-electron chi connectivity index (χ4n) is 3.20. The molecule has 0 saturated heterocycles. The summed E-state index contributed by atoms with van der Waals surface area (Å²) < 4.78 is 0. The maximum absolute atomic E-state index is 4.63. The molecule has 3 rings (SSSR count). The first-order valence-corrected chi connectivity index (χ1v) is 8.07. The highest BCUT2D eigenvalue weighted by Crippen LogP contribution is 2.33. The number of nitrogens with zero attached hydrogens (tertiary/aromatic N) is 1. The van der Waals surface area contributed by atoms with Crippen LogP contribution >= 0.6 is 0 Å². The van der Waals surface area contributed by atoms with Crippen LogP contribution in [0.15, 0.2) is 66.4 Å². The summed E-state index contributed by atoms with van der Waals surface area (Å²) in [4.78, 5) is 4.63. The Balaban J connectivity index is 2.09. The van der Waals surface area contributed by atoms with E-state index in [0.29, 0.717) is 17.8 Å². The molecular weight excluding hydrogens is 266 g/mol. The fourth-order valence-corrected chi connectivity index (χ4v) is 3.20. The van der Waals surface area contributed by atoms with E-state index in [1.807, 2.05) is 6.20 Å². The standard InChI is InChI=1S/C21H23N/c1-15(2)20(18-10-6-4-8-16(18)3)14-21-19-11-7-5-9-17(19)12-13-22-21/h4-16,18H,1-3H3/b20-14+. The van der Waals surface area contributed by atoms with Crippen LogP contribution in [0.3, 0.4) is 0 Å². The van der Waals surface area contributed by atoms with Gasteiger partial charge in [0.15, 0.2) is 0 Å². The van der Waals surface area contributed by atoms with Crippen molar-refractivity contribution in [3.05, 3.63) is 72.1 Å². The largest absolute Gasteiger partial charge is 0.256 e. The first-order valence-electron chi connectivity index (χ1n) is 8.07. The number of hydrogen-bond acceptors (Lipinski definition) is 1. The van der Waals surface area contributed by atoms with Crippen LogP contribution in [0.5, 0.6) is 0 Å². The van der Waals surface area contributed by atoms with E-state index in [4.69, 9.17) is 0 Å². The minimum absolute atomic E-state index is 0.464. The summed E-state index contributed by atoms with van der Waals surface area (Å²) in [6, 6.07) is 10.5. The van der Waals surface area contributed by atoms with E-state index in [0.717, 1.165) is 5.69 Å². The Kier molecular flexibility index (Phi) is 4.24. The highest BCUT2D eigenvalue weighted by atomic mass is 14.7. The molecule has 2 atom stereocenters. The predicted octanol–water partition coefficient (Wildman–Crippen LogP) is 5.65. The molecule has 2 unspecified atom stereocenters. The SMILES string of the molecule is CC(C)/C(=C\c1nccc2ccccc12)C1C=CC=CC1C. The van der Waals surface area contributed by atoms with Gasteiger partial charge in [-0.25, -0.2) is 0 Å². The summed E-state index contributed by atoms with van der Waals surface area (Å²) in [5.74, 6) is 1.50. The van der Waals surface area contributed by atoms with Crippen molar-refractivity contribution < 1.29 is 0 Å². The summed E-state index contributed by atoms with van der Waals surface area (Å²) in [5, 5.41) is 2.48. The molecule has 0 saturated carbocycles. The molecule has 1 aromatic carbocycles. The summed E-state index contributed by atoms with van der Waals surface area (Å²) in [5.41, 5.74) is 2.54. The van der Waals surface area contributed by atoms with E-state index in [-0.39, 0.29) is 0 Å². The van der Waals surface area contributed by atoms with E-state index in [9.17, 15) is 0 Å². The fraction of sp³-hybridized carbons (Fsp3) is 0.286. The van der Waals surface area contributed by atoms with Crippen molar-refractivity contribution in [2.75, 3.05) is 0 Å². The molecule has 22 heavy (non-hydrogen) atoms. The molecule has 0 radical (unpaired) electrons. The monoisotopic (exact) mass is 289 g/mol. The quantitative estimate of drug-likeness (QED) is 0.711. The third-order valence-corrected chi connectivity index (χ3v) is 4.47. The lowest BCUT2D eigenvalue weighted by Gasteiger charge is -2.26. The molecule has 1 heterocycles. The predicted molar refractivity (Wildman–Crippen MR) is 95.5 cm³/mol. The number of benzene rings is 1. The van der Waals surface area contributed by atoms with Crippen LogP contribution < -0.4 is 0 Å². The van der Waals surface area contributed by atoms with Crippen molar-refractivity contribution in [2.24, 2.45) is 17.8 Å². The van der Waals surface area contributed by atoms with Gasteiger partial charge in [-0.05, 0) is 29.4 Å². The molecule has 1 aliphatic carbocycles. The molecule has 0 spiro atoms. The van der Waals surface area contributed by atoms with E-state index < -0.39 is 0 Å². The lowest BCUT2D eigenvalue weighted by atomic mass is 9.79. The van der Waals surface area contributed by atoms with E-state index in [2.05, 4.69) is 86.5 Å². The van der Waals surface area contributed by atoms with Crippen molar-refractivity contribution in [2.45, 2.75) is 20.8 Å². The molecule has 0 N–H and O–H groups in total. The van der Waals surface area contributed by atoms with E-state index >= 15 is 0 Å². The Labute approximate surface area is 133 Å². The second-order valence-electron chi connectivity index (χ2n) is 6.37. The van der Waals surface area contributed by atoms with Crippen molar-refractivity contribution >= 4 is 16.8 Å². The first kappa shape index (κ1) is 14.8. The lowest BCUT2D eigenvalue weighted by molar-refractivity contribution is 0.526. The molecule has 0 aliphatic heterocycles. The second kappa shape index (κ2) is 6.31. The van der Waals surface area contributed by atoms with Gasteiger partial charge in [-0.3, -0.25) is 4.98 Å². The Hall–Kier alpha value is -2.15. The molecule has 0 amide bonds. The van der Waals surface area contributed by atoms with E-state index in [1.165, 1.54) is 16.3 Å². The third-order valence-electron chi connectivity index (χ3n) is 4.47. The zero-order valence-electron chi connectivity index (χ0n) is 13.5. The van der Waals surface area contributed by atoms with Gasteiger partial charge >= 0.3 is 0 Å². The van der Waals surface area contributed by atoms with E-state index in [1.54, 1.807) is 0 Å². The van der Waals surface area contributed by atoms with Gasteiger partial charge in [-0.15, -0.1) is 0 Å². The smallest absolute Gasteiger partial charge is 0.0707 e. The minimum atomic E-state index is 0.464. The average molecular weight is 289 g/mol. The molecule has 0 fully saturated rings. The molecule has 1 aliphatic rings. The zero-order chi connectivity index (χ0) is 15.5. The molecule has 0 bridgehead atoms. The normalized spacial score (nSPS) is 21.7. The maximum atomic E-state index is 4.63. The zero-order valence-corrected chi connectivity index (χ0v) is 13.5. The van der Waals surface area contributed by atoms with Crippen molar-refractivity contribution in [1.82, 2.24) is 4.98 Å². The van der Waals surface area contributed by atoms with Gasteiger partial charge < -0.3 is 0 Å². The number of allylic oxidation sites excluding steroid dienone is 5.